The van der Waals surface area contributed by atoms with Gasteiger partial charge in [0.2, 0.25) is 0 Å². The summed E-state index contributed by atoms with van der Waals surface area (Å²) in [6.45, 7) is 20.4. The van der Waals surface area contributed by atoms with Crippen LogP contribution in [0.1, 0.15) is 213 Å². The number of unbranched alkanes of at least 4 members (excludes halogenated alkanes) is 27. The summed E-state index contributed by atoms with van der Waals surface area (Å²) in [5.41, 5.74) is 0. The first kappa shape index (κ1) is 78.8. The van der Waals surface area contributed by atoms with Gasteiger partial charge in [0.15, 0.2) is 0 Å². The molecule has 0 saturated heterocycles. The lowest BCUT2D eigenvalue weighted by Gasteiger charge is -2.30. The van der Waals surface area contributed by atoms with Gasteiger partial charge in [0, 0.05) is 25.0 Å². The van der Waals surface area contributed by atoms with Gasteiger partial charge in [0.1, 0.15) is 0 Å². The zero-order chi connectivity index (χ0) is 58.5. The van der Waals surface area contributed by atoms with Crippen LogP contribution >= 0.6 is 0 Å². The predicted octanol–water partition coefficient (Wildman–Crippen LogP) is 13.8. The Morgan fingerprint density at radius 3 is 0.573 bits per heavy atom. The smallest absolute Gasteiger partial charge is 0.379 e. The SMILES string of the molecule is CCCCCCCCCCCCOCCOCCOCCOCCO[Si](OCCOCCOCCOCCOCCCCCCCCCCCC)(OCCOCCOCCOCCOCCCCCCCCCCCC)c1ccccc1. The second-order valence-corrected chi connectivity index (χ2v) is 23.9. The highest BCUT2D eigenvalue weighted by molar-refractivity contribution is 6.75. The zero-order valence-corrected chi connectivity index (χ0v) is 54.3. The van der Waals surface area contributed by atoms with Crippen LogP contribution in [0.25, 0.3) is 0 Å². The summed E-state index contributed by atoms with van der Waals surface area (Å²) in [6, 6.07) is 9.86. The first-order valence-corrected chi connectivity index (χ1v) is 35.4. The first-order valence-electron chi connectivity index (χ1n) is 33.7. The summed E-state index contributed by atoms with van der Waals surface area (Å²) in [5, 5.41) is 0.850. The predicted molar refractivity (Wildman–Crippen MR) is 335 cm³/mol. The van der Waals surface area contributed by atoms with Gasteiger partial charge < -0.3 is 70.1 Å². The van der Waals surface area contributed by atoms with E-state index in [0.717, 1.165) is 44.3 Å². The van der Waals surface area contributed by atoms with Crippen molar-refractivity contribution in [2.75, 3.05) is 178 Å². The third kappa shape index (κ3) is 57.9. The monoisotopic (exact) mass is 1190 g/mol. The molecule has 486 valence electrons. The lowest BCUT2D eigenvalue weighted by molar-refractivity contribution is -0.0229. The molecule has 15 nitrogen and oxygen atoms in total. The van der Waals surface area contributed by atoms with Gasteiger partial charge in [0.05, 0.1) is 159 Å². The third-order valence-corrected chi connectivity index (χ3v) is 16.8. The summed E-state index contributed by atoms with van der Waals surface area (Å²) in [7, 11) is -3.44. The quantitative estimate of drug-likeness (QED) is 0.0451. The molecule has 0 aliphatic carbocycles. The maximum absolute atomic E-state index is 6.55. The highest BCUT2D eigenvalue weighted by Gasteiger charge is 2.44. The van der Waals surface area contributed by atoms with Crippen molar-refractivity contribution >= 4 is 14.0 Å². The van der Waals surface area contributed by atoms with Crippen LogP contribution < -0.4 is 5.19 Å². The van der Waals surface area contributed by atoms with Crippen molar-refractivity contribution in [2.24, 2.45) is 0 Å². The first-order chi connectivity index (χ1) is 40.8. The number of ether oxygens (including phenoxy) is 12. The van der Waals surface area contributed by atoms with Crippen molar-refractivity contribution in [1.82, 2.24) is 0 Å². The van der Waals surface area contributed by atoms with Gasteiger partial charge in [-0.25, -0.2) is 0 Å². The van der Waals surface area contributed by atoms with Crippen molar-refractivity contribution in [3.63, 3.8) is 0 Å². The van der Waals surface area contributed by atoms with E-state index in [1.165, 1.54) is 173 Å². The van der Waals surface area contributed by atoms with Crippen molar-refractivity contribution in [3.8, 4) is 0 Å². The molecule has 1 rings (SSSR count). The Balaban J connectivity index is 2.33. The van der Waals surface area contributed by atoms with Crippen molar-refractivity contribution in [3.05, 3.63) is 30.3 Å². The molecule has 1 aromatic rings. The lowest BCUT2D eigenvalue weighted by atomic mass is 10.1. The van der Waals surface area contributed by atoms with Crippen molar-refractivity contribution in [1.29, 1.82) is 0 Å². The Bertz CT molecular complexity index is 1190. The van der Waals surface area contributed by atoms with Gasteiger partial charge in [-0.3, -0.25) is 0 Å². The van der Waals surface area contributed by atoms with E-state index >= 15 is 0 Å². The van der Waals surface area contributed by atoms with Crippen LogP contribution in [0, 0.1) is 0 Å². The van der Waals surface area contributed by atoms with E-state index in [1.807, 2.05) is 30.3 Å². The summed E-state index contributed by atoms with van der Waals surface area (Å²) in [5.74, 6) is 0. The Morgan fingerprint density at radius 2 is 0.366 bits per heavy atom. The Kier molecular flexibility index (Phi) is 66.3. The Labute approximate surface area is 504 Å². The average molecular weight is 1190 g/mol. The molecule has 0 unspecified atom stereocenters. The number of rotatable bonds is 73. The molecule has 0 heterocycles. The van der Waals surface area contributed by atoms with E-state index in [9.17, 15) is 0 Å². The molecule has 0 N–H and O–H groups in total. The number of hydrogen-bond donors (Lipinski definition) is 0. The molecule has 0 aromatic heterocycles. The van der Waals surface area contributed by atoms with E-state index in [4.69, 9.17) is 70.1 Å². The van der Waals surface area contributed by atoms with Crippen LogP contribution in [0.2, 0.25) is 0 Å². The molecule has 0 aliphatic heterocycles. The molecular weight excluding hydrogens is 1060 g/mol. The van der Waals surface area contributed by atoms with Gasteiger partial charge in [-0.2, -0.15) is 0 Å². The fraction of sp³-hybridized carbons (Fsp3) is 0.909. The van der Waals surface area contributed by atoms with Crippen LogP contribution in [-0.4, -0.2) is 187 Å². The molecule has 82 heavy (non-hydrogen) atoms. The number of hydrogen-bond acceptors (Lipinski definition) is 15. The minimum Gasteiger partial charge on any atom is -0.379 e. The molecule has 0 saturated carbocycles. The normalized spacial score (nSPS) is 11.9. The zero-order valence-electron chi connectivity index (χ0n) is 53.3. The third-order valence-electron chi connectivity index (χ3n) is 14.0. The molecule has 0 amide bonds. The molecule has 16 heteroatoms. The highest BCUT2D eigenvalue weighted by atomic mass is 28.4. The molecule has 1 aromatic carbocycles. The van der Waals surface area contributed by atoms with Crippen molar-refractivity contribution in [2.45, 2.75) is 213 Å². The largest absolute Gasteiger partial charge is 0.537 e. The van der Waals surface area contributed by atoms with Crippen molar-refractivity contribution < 1.29 is 70.1 Å². The van der Waals surface area contributed by atoms with E-state index in [0.29, 0.717) is 139 Å². The Hall–Kier alpha value is -1.16. The van der Waals surface area contributed by atoms with Gasteiger partial charge >= 0.3 is 8.80 Å². The maximum atomic E-state index is 6.55. The summed E-state index contributed by atoms with van der Waals surface area (Å²) in [4.78, 5) is 0. The van der Waals surface area contributed by atoms with Crippen LogP contribution in [0.4, 0.5) is 0 Å². The molecular formula is C66H128O15Si. The summed E-state index contributed by atoms with van der Waals surface area (Å²) < 4.78 is 88.9. The molecule has 0 atom stereocenters. The van der Waals surface area contributed by atoms with Crippen LogP contribution in [0.15, 0.2) is 30.3 Å². The summed E-state index contributed by atoms with van der Waals surface area (Å²) in [6.07, 6.45) is 39.8. The Morgan fingerprint density at radius 1 is 0.195 bits per heavy atom. The van der Waals surface area contributed by atoms with Crippen LogP contribution in [0.5, 0.6) is 0 Å². The molecule has 0 aliphatic rings. The minimum atomic E-state index is -3.44. The van der Waals surface area contributed by atoms with E-state index in [2.05, 4.69) is 20.8 Å². The average Bonchev–Trinajstić information content (AvgIpc) is 3.56. The van der Waals surface area contributed by atoms with E-state index in [1.54, 1.807) is 0 Å². The van der Waals surface area contributed by atoms with Crippen LogP contribution in [-0.2, 0) is 70.1 Å². The molecule has 0 fully saturated rings. The van der Waals surface area contributed by atoms with Gasteiger partial charge in [0.25, 0.3) is 0 Å². The number of benzene rings is 1. The topological polar surface area (TPSA) is 138 Å². The van der Waals surface area contributed by atoms with E-state index in [-0.39, 0.29) is 19.8 Å². The van der Waals surface area contributed by atoms with Gasteiger partial charge in [-0.15, -0.1) is 0 Å². The minimum absolute atomic E-state index is 0.272. The second-order valence-electron chi connectivity index (χ2n) is 21.4. The summed E-state index contributed by atoms with van der Waals surface area (Å²) >= 11 is 0. The standard InChI is InChI=1S/C66H128O15Si/c1-4-7-10-13-16-19-22-25-28-34-39-67-42-45-70-48-51-73-54-57-76-60-63-79-82(66-37-32-31-33-38-66,80-64-61-77-58-55-74-52-49-71-46-43-68-40-35-29-26-23-20-17-14-11-8-5-2)81-65-62-78-59-56-75-53-50-72-47-44-69-41-36-30-27-24-21-18-15-12-9-6-3/h31-33,37-38H,4-30,34-36,39-65H2,1-3H3. The molecule has 0 bridgehead atoms. The van der Waals surface area contributed by atoms with Gasteiger partial charge in [-0.1, -0.05) is 224 Å². The van der Waals surface area contributed by atoms with Gasteiger partial charge in [-0.05, 0) is 19.3 Å². The fourth-order valence-corrected chi connectivity index (χ4v) is 11.5. The molecule has 0 radical (unpaired) electrons. The fourth-order valence-electron chi connectivity index (χ4n) is 9.08. The lowest BCUT2D eigenvalue weighted by Crippen LogP contribution is -2.58. The highest BCUT2D eigenvalue weighted by Crippen LogP contribution is 2.15. The van der Waals surface area contributed by atoms with Crippen LogP contribution in [0.3, 0.4) is 0 Å². The van der Waals surface area contributed by atoms with E-state index < -0.39 is 8.80 Å². The maximum Gasteiger partial charge on any atom is 0.537 e. The molecule has 0 spiro atoms. The second kappa shape index (κ2) is 68.9.